The van der Waals surface area contributed by atoms with Gasteiger partial charge >= 0.3 is 0 Å². The maximum absolute atomic E-state index is 13.3. The van der Waals surface area contributed by atoms with Gasteiger partial charge in [0.25, 0.3) is 0 Å². The van der Waals surface area contributed by atoms with Gasteiger partial charge in [-0.05, 0) is 75.6 Å². The van der Waals surface area contributed by atoms with E-state index in [4.69, 9.17) is 16.3 Å². The van der Waals surface area contributed by atoms with Gasteiger partial charge in [-0.3, -0.25) is 13.9 Å². The minimum Gasteiger partial charge on any atom is -0.494 e. The smallest absolute Gasteiger partial charge is 0.242 e. The third kappa shape index (κ3) is 9.55. The van der Waals surface area contributed by atoms with Gasteiger partial charge in [0.05, 0.1) is 18.6 Å². The number of nitrogens with zero attached hydrogens (tertiary/aromatic N) is 2. The second-order valence-corrected chi connectivity index (χ2v) is 11.4. The van der Waals surface area contributed by atoms with E-state index >= 15 is 0 Å². The summed E-state index contributed by atoms with van der Waals surface area (Å²) in [5.41, 5.74) is 1.30. The van der Waals surface area contributed by atoms with Gasteiger partial charge in [-0.15, -0.1) is 0 Å². The van der Waals surface area contributed by atoms with Crippen molar-refractivity contribution in [3.63, 3.8) is 0 Å². The minimum atomic E-state index is -3.57. The fourth-order valence-electron chi connectivity index (χ4n) is 3.76. The number of benzene rings is 2. The number of ether oxygens (including phenoxy) is 1. The Bertz CT molecular complexity index is 1140. The molecule has 0 saturated carbocycles. The van der Waals surface area contributed by atoms with Crippen molar-refractivity contribution in [1.29, 1.82) is 0 Å². The van der Waals surface area contributed by atoms with E-state index in [2.05, 4.69) is 5.32 Å². The Balaban J connectivity index is 2.16. The van der Waals surface area contributed by atoms with Crippen LogP contribution in [-0.2, 0) is 26.2 Å². The van der Waals surface area contributed by atoms with E-state index in [-0.39, 0.29) is 43.8 Å². The van der Waals surface area contributed by atoms with Gasteiger partial charge in [0, 0.05) is 30.6 Å². The molecule has 0 spiro atoms. The molecule has 0 radical (unpaired) electrons. The molecule has 0 fully saturated rings. The fraction of sp³-hybridized carbons (Fsp3) is 0.481. The Kier molecular flexibility index (Phi) is 11.7. The Morgan fingerprint density at radius 2 is 1.76 bits per heavy atom. The fourth-order valence-corrected chi connectivity index (χ4v) is 4.94. The number of hydrogen-bond acceptors (Lipinski definition) is 5. The van der Waals surface area contributed by atoms with Crippen molar-refractivity contribution >= 4 is 39.1 Å². The Hall–Kier alpha value is -2.78. The van der Waals surface area contributed by atoms with Crippen LogP contribution in [0.25, 0.3) is 0 Å². The number of amides is 2. The largest absolute Gasteiger partial charge is 0.494 e. The summed E-state index contributed by atoms with van der Waals surface area (Å²) < 4.78 is 31.7. The monoisotopic (exact) mass is 551 g/mol. The van der Waals surface area contributed by atoms with Crippen molar-refractivity contribution in [2.24, 2.45) is 0 Å². The van der Waals surface area contributed by atoms with Crippen LogP contribution < -0.4 is 14.4 Å². The molecule has 0 unspecified atom stereocenters. The van der Waals surface area contributed by atoms with Crippen LogP contribution >= 0.6 is 11.6 Å². The maximum Gasteiger partial charge on any atom is 0.242 e. The summed E-state index contributed by atoms with van der Waals surface area (Å²) in [6.45, 7) is 8.30. The number of carbonyl (C=O) groups excluding carboxylic acids is 2. The van der Waals surface area contributed by atoms with Crippen LogP contribution in [0, 0.1) is 0 Å². The lowest BCUT2D eigenvalue weighted by atomic mass is 10.1. The van der Waals surface area contributed by atoms with E-state index in [0.29, 0.717) is 23.1 Å². The summed E-state index contributed by atoms with van der Waals surface area (Å²) in [5.74, 6) is 0.167. The molecule has 0 aliphatic rings. The summed E-state index contributed by atoms with van der Waals surface area (Å²) >= 11 is 6.13. The number of sulfonamides is 1. The first kappa shape index (κ1) is 30.4. The number of rotatable bonds is 14. The van der Waals surface area contributed by atoms with Crippen LogP contribution in [-0.4, -0.2) is 56.6 Å². The predicted molar refractivity (Wildman–Crippen MR) is 148 cm³/mol. The summed E-state index contributed by atoms with van der Waals surface area (Å²) in [4.78, 5) is 27.7. The average molecular weight is 552 g/mol. The third-order valence-corrected chi connectivity index (χ3v) is 7.43. The van der Waals surface area contributed by atoms with E-state index in [9.17, 15) is 18.0 Å². The van der Waals surface area contributed by atoms with Crippen LogP contribution in [0.2, 0.25) is 5.02 Å². The van der Waals surface area contributed by atoms with E-state index in [0.717, 1.165) is 18.2 Å². The van der Waals surface area contributed by atoms with Gasteiger partial charge in [0.15, 0.2) is 0 Å². The summed E-state index contributed by atoms with van der Waals surface area (Å²) in [6, 6.07) is 13.2. The van der Waals surface area contributed by atoms with E-state index in [1.165, 1.54) is 9.21 Å². The van der Waals surface area contributed by atoms with Crippen molar-refractivity contribution in [3.05, 3.63) is 59.1 Å². The zero-order valence-electron chi connectivity index (χ0n) is 22.2. The SMILES string of the molecule is CCOc1ccc(N(CCCC(=O)N(Cc2cccc(Cl)c2)[C@@H](C)C(=O)N[C@@H](C)CC)S(C)(=O)=O)cc1. The highest BCUT2D eigenvalue weighted by Crippen LogP contribution is 2.23. The number of nitrogens with one attached hydrogen (secondary N) is 1. The molecule has 0 heterocycles. The molecule has 2 aromatic rings. The van der Waals surface area contributed by atoms with Gasteiger partial charge in [0.1, 0.15) is 11.8 Å². The number of hydrogen-bond donors (Lipinski definition) is 1. The minimum absolute atomic E-state index is 0.0181. The van der Waals surface area contributed by atoms with Gasteiger partial charge in [-0.2, -0.15) is 0 Å². The van der Waals surface area contributed by atoms with Crippen molar-refractivity contribution < 1.29 is 22.7 Å². The molecular weight excluding hydrogens is 514 g/mol. The maximum atomic E-state index is 13.3. The Labute approximate surface area is 226 Å². The summed E-state index contributed by atoms with van der Waals surface area (Å²) in [5, 5.41) is 3.48. The highest BCUT2D eigenvalue weighted by Gasteiger charge is 2.27. The molecule has 0 aliphatic heterocycles. The van der Waals surface area contributed by atoms with E-state index in [1.807, 2.05) is 26.8 Å². The lowest BCUT2D eigenvalue weighted by molar-refractivity contribution is -0.140. The zero-order valence-corrected chi connectivity index (χ0v) is 23.8. The Morgan fingerprint density at radius 3 is 2.32 bits per heavy atom. The molecule has 0 aromatic heterocycles. The van der Waals surface area contributed by atoms with Crippen molar-refractivity contribution in [2.75, 3.05) is 23.7 Å². The van der Waals surface area contributed by atoms with Crippen LogP contribution in [0.3, 0.4) is 0 Å². The van der Waals surface area contributed by atoms with E-state index < -0.39 is 16.1 Å². The second kappa shape index (κ2) is 14.2. The molecular formula is C27H38ClN3O5S. The lowest BCUT2D eigenvalue weighted by Gasteiger charge is -2.30. The first-order chi connectivity index (χ1) is 17.5. The van der Waals surface area contributed by atoms with Gasteiger partial charge < -0.3 is 15.0 Å². The topological polar surface area (TPSA) is 96.0 Å². The van der Waals surface area contributed by atoms with E-state index in [1.54, 1.807) is 49.4 Å². The normalized spacial score (nSPS) is 12.9. The molecule has 2 atom stereocenters. The molecule has 204 valence electrons. The van der Waals surface area contributed by atoms with Crippen LogP contribution in [0.15, 0.2) is 48.5 Å². The highest BCUT2D eigenvalue weighted by molar-refractivity contribution is 7.92. The van der Waals surface area contributed by atoms with Crippen LogP contribution in [0.5, 0.6) is 5.75 Å². The molecule has 10 heteroatoms. The highest BCUT2D eigenvalue weighted by atomic mass is 35.5. The molecule has 1 N–H and O–H groups in total. The van der Waals surface area contributed by atoms with Crippen molar-refractivity contribution in [3.8, 4) is 5.75 Å². The summed E-state index contributed by atoms with van der Waals surface area (Å²) in [7, 11) is -3.57. The van der Waals surface area contributed by atoms with Gasteiger partial charge in [-0.25, -0.2) is 8.42 Å². The quantitative estimate of drug-likeness (QED) is 0.370. The Morgan fingerprint density at radius 1 is 1.08 bits per heavy atom. The summed E-state index contributed by atoms with van der Waals surface area (Å²) in [6.07, 6.45) is 2.26. The second-order valence-electron chi connectivity index (χ2n) is 9.01. The van der Waals surface area contributed by atoms with Gasteiger partial charge in [0.2, 0.25) is 21.8 Å². The molecule has 2 aromatic carbocycles. The number of carbonyl (C=O) groups is 2. The molecule has 2 rings (SSSR count). The van der Waals surface area contributed by atoms with Gasteiger partial charge in [-0.1, -0.05) is 30.7 Å². The molecule has 0 aliphatic carbocycles. The molecule has 0 saturated heterocycles. The standard InChI is InChI=1S/C27H38ClN3O5S/c1-6-20(3)29-27(33)21(4)30(19-22-10-8-11-23(28)18-22)26(32)12-9-17-31(37(5,34)35)24-13-15-25(16-14-24)36-7-2/h8,10-11,13-16,18,20-21H,6-7,9,12,17,19H2,1-5H3,(H,29,33)/t20-,21-/m0/s1. The molecule has 2 amide bonds. The first-order valence-electron chi connectivity index (χ1n) is 12.5. The molecule has 0 bridgehead atoms. The van der Waals surface area contributed by atoms with Crippen molar-refractivity contribution in [1.82, 2.24) is 10.2 Å². The molecule has 8 nitrogen and oxygen atoms in total. The van der Waals surface area contributed by atoms with Crippen LogP contribution in [0.4, 0.5) is 5.69 Å². The number of halogens is 1. The zero-order chi connectivity index (χ0) is 27.6. The average Bonchev–Trinajstić information content (AvgIpc) is 2.84. The number of anilines is 1. The third-order valence-electron chi connectivity index (χ3n) is 6.00. The van der Waals surface area contributed by atoms with Crippen molar-refractivity contribution in [2.45, 2.75) is 65.6 Å². The first-order valence-corrected chi connectivity index (χ1v) is 14.7. The molecule has 37 heavy (non-hydrogen) atoms. The van der Waals surface area contributed by atoms with Crippen LogP contribution in [0.1, 0.15) is 52.5 Å². The predicted octanol–water partition coefficient (Wildman–Crippen LogP) is 4.62. The lowest BCUT2D eigenvalue weighted by Crippen LogP contribution is -2.49.